The second kappa shape index (κ2) is 10.8. The van der Waals surface area contributed by atoms with Crippen LogP contribution in [-0.4, -0.2) is 60.9 Å². The van der Waals surface area contributed by atoms with Crippen molar-refractivity contribution in [3.8, 4) is 11.8 Å². The molecule has 0 bridgehead atoms. The van der Waals surface area contributed by atoms with Gasteiger partial charge in [-0.25, -0.2) is 14.8 Å². The molecular formula is C29H35N9O2. The Morgan fingerprint density at radius 3 is 2.52 bits per heavy atom. The molecular weight excluding hydrogens is 506 g/mol. The first-order valence-corrected chi connectivity index (χ1v) is 14.1. The van der Waals surface area contributed by atoms with Gasteiger partial charge in [0.15, 0.2) is 17.0 Å². The van der Waals surface area contributed by atoms with Crippen LogP contribution in [0.15, 0.2) is 33.9 Å². The largest absolute Gasteiger partial charge is 0.356 e. The van der Waals surface area contributed by atoms with E-state index < -0.39 is 11.2 Å². The van der Waals surface area contributed by atoms with Crippen molar-refractivity contribution in [3.05, 3.63) is 50.9 Å². The fraction of sp³-hybridized carbons (Fsp3) is 0.483. The molecule has 2 aliphatic rings. The van der Waals surface area contributed by atoms with Crippen molar-refractivity contribution in [3.63, 3.8) is 0 Å². The van der Waals surface area contributed by atoms with E-state index in [-0.39, 0.29) is 19.1 Å². The second-order valence-electron chi connectivity index (χ2n) is 10.7. The first kappa shape index (κ1) is 26.1. The minimum Gasteiger partial charge on any atom is -0.356 e. The maximum Gasteiger partial charge on any atom is 0.332 e. The number of anilines is 2. The molecule has 1 unspecified atom stereocenters. The van der Waals surface area contributed by atoms with E-state index in [1.54, 1.807) is 14.0 Å². The molecule has 40 heavy (non-hydrogen) atoms. The molecule has 0 radical (unpaired) electrons. The quantitative estimate of drug-likeness (QED) is 0.380. The van der Waals surface area contributed by atoms with E-state index >= 15 is 0 Å². The number of fused-ring (bicyclic) bond motifs is 2. The van der Waals surface area contributed by atoms with E-state index in [0.717, 1.165) is 62.0 Å². The number of aryl methyl sites for hydroxylation is 1. The molecule has 6 rings (SSSR count). The third kappa shape index (κ3) is 4.62. The van der Waals surface area contributed by atoms with Crippen LogP contribution < -0.4 is 26.8 Å². The van der Waals surface area contributed by atoms with Crippen molar-refractivity contribution < 1.29 is 0 Å². The number of nitrogens with zero attached hydrogens (tertiary/aromatic N) is 8. The lowest BCUT2D eigenvalue weighted by molar-refractivity contribution is 0.496. The Labute approximate surface area is 232 Å². The number of nitrogens with two attached hydrogens (primary N) is 1. The summed E-state index contributed by atoms with van der Waals surface area (Å²) in [6.45, 7) is 5.27. The van der Waals surface area contributed by atoms with Gasteiger partial charge in [0.1, 0.15) is 5.82 Å². The van der Waals surface area contributed by atoms with Crippen molar-refractivity contribution in [2.75, 3.05) is 36.0 Å². The van der Waals surface area contributed by atoms with Gasteiger partial charge in [-0.15, -0.1) is 5.92 Å². The van der Waals surface area contributed by atoms with E-state index in [1.165, 1.54) is 15.6 Å². The third-order valence-corrected chi connectivity index (χ3v) is 7.95. The van der Waals surface area contributed by atoms with Gasteiger partial charge >= 0.3 is 5.69 Å². The zero-order valence-corrected chi connectivity index (χ0v) is 23.1. The van der Waals surface area contributed by atoms with Gasteiger partial charge in [0.2, 0.25) is 5.95 Å². The van der Waals surface area contributed by atoms with Crippen LogP contribution >= 0.6 is 0 Å². The van der Waals surface area contributed by atoms with Gasteiger partial charge in [-0.2, -0.15) is 4.98 Å². The summed E-state index contributed by atoms with van der Waals surface area (Å²) in [5, 5.41) is 0.976. The third-order valence-electron chi connectivity index (χ3n) is 7.95. The molecule has 1 aromatic carbocycles. The molecule has 11 heteroatoms. The Hall–Kier alpha value is -4.17. The van der Waals surface area contributed by atoms with E-state index in [9.17, 15) is 9.59 Å². The molecule has 5 heterocycles. The summed E-state index contributed by atoms with van der Waals surface area (Å²) in [5.41, 5.74) is 6.86. The zero-order chi connectivity index (χ0) is 27.8. The van der Waals surface area contributed by atoms with Crippen LogP contribution in [0.25, 0.3) is 22.1 Å². The van der Waals surface area contributed by atoms with Crippen LogP contribution in [0.5, 0.6) is 0 Å². The molecule has 0 saturated carbocycles. The lowest BCUT2D eigenvalue weighted by atomic mass is 10.1. The maximum absolute atomic E-state index is 14.0. The van der Waals surface area contributed by atoms with Gasteiger partial charge in [-0.05, 0) is 51.2 Å². The molecule has 0 spiro atoms. The molecule has 0 amide bonds. The summed E-state index contributed by atoms with van der Waals surface area (Å²) >= 11 is 0. The number of benzene rings is 1. The number of piperidine rings is 2. The lowest BCUT2D eigenvalue weighted by Crippen LogP contribution is -2.44. The van der Waals surface area contributed by atoms with Gasteiger partial charge in [0, 0.05) is 44.7 Å². The first-order valence-electron chi connectivity index (χ1n) is 14.1. The minimum absolute atomic E-state index is 0.0268. The van der Waals surface area contributed by atoms with Gasteiger partial charge in [0.25, 0.3) is 5.56 Å². The normalized spacial score (nSPS) is 17.8. The van der Waals surface area contributed by atoms with Crippen LogP contribution in [0.4, 0.5) is 11.8 Å². The number of para-hydroxylation sites is 1. The summed E-state index contributed by atoms with van der Waals surface area (Å²) in [6.07, 6.45) is 5.31. The monoisotopic (exact) mass is 541 g/mol. The second-order valence-corrected chi connectivity index (χ2v) is 10.7. The van der Waals surface area contributed by atoms with Crippen molar-refractivity contribution in [1.29, 1.82) is 0 Å². The summed E-state index contributed by atoms with van der Waals surface area (Å²) in [7, 11) is 1.65. The predicted octanol–water partition coefficient (Wildman–Crippen LogP) is 1.83. The summed E-state index contributed by atoms with van der Waals surface area (Å²) in [6, 6.07) is 7.94. The molecule has 1 atom stereocenters. The standard InChI is InChI=1S/C29H35N9O2/c1-3-4-17-37-24-26(33-28(37)36-16-10-11-20(30)18-36)34(2)29(40)38(27(24)39)19-23-31-22-13-7-6-12-21(22)25(32-23)35-14-8-5-9-15-35/h6-7,12-13,20H,5,8-11,14-19,30H2,1-2H3. The van der Waals surface area contributed by atoms with Crippen LogP contribution in [0.2, 0.25) is 0 Å². The number of hydrogen-bond donors (Lipinski definition) is 1. The Morgan fingerprint density at radius 1 is 0.975 bits per heavy atom. The lowest BCUT2D eigenvalue weighted by Gasteiger charge is -2.31. The van der Waals surface area contributed by atoms with Gasteiger partial charge in [0.05, 0.1) is 18.6 Å². The summed E-state index contributed by atoms with van der Waals surface area (Å²) < 4.78 is 4.48. The summed E-state index contributed by atoms with van der Waals surface area (Å²) in [5.74, 6) is 7.90. The molecule has 3 aromatic heterocycles. The highest BCUT2D eigenvalue weighted by Gasteiger charge is 2.26. The highest BCUT2D eigenvalue weighted by molar-refractivity contribution is 5.89. The Balaban J connectivity index is 1.49. The van der Waals surface area contributed by atoms with Crippen molar-refractivity contribution in [2.24, 2.45) is 12.8 Å². The van der Waals surface area contributed by atoms with Crippen LogP contribution in [0, 0.1) is 11.8 Å². The predicted molar refractivity (Wildman–Crippen MR) is 157 cm³/mol. The zero-order valence-electron chi connectivity index (χ0n) is 23.1. The Bertz CT molecular complexity index is 1750. The van der Waals surface area contributed by atoms with Gasteiger partial charge in [-0.1, -0.05) is 18.1 Å². The fourth-order valence-electron chi connectivity index (χ4n) is 5.91. The first-order chi connectivity index (χ1) is 19.5. The molecule has 2 N–H and O–H groups in total. The van der Waals surface area contributed by atoms with E-state index in [4.69, 9.17) is 20.7 Å². The van der Waals surface area contributed by atoms with Crippen LogP contribution in [-0.2, 0) is 20.1 Å². The SMILES string of the molecule is CC#CCn1c(N2CCCC(N)C2)nc2c1c(=O)n(Cc1nc(N3CCCCC3)c3ccccc3n1)c(=O)n2C. The van der Waals surface area contributed by atoms with E-state index in [0.29, 0.717) is 29.5 Å². The van der Waals surface area contributed by atoms with Crippen LogP contribution in [0.1, 0.15) is 44.9 Å². The van der Waals surface area contributed by atoms with Crippen molar-refractivity contribution >= 4 is 33.8 Å². The number of imidazole rings is 1. The number of rotatable bonds is 5. The average molecular weight is 542 g/mol. The molecule has 2 aliphatic heterocycles. The molecule has 0 aliphatic carbocycles. The summed E-state index contributed by atoms with van der Waals surface area (Å²) in [4.78, 5) is 46.4. The minimum atomic E-state index is -0.457. The molecule has 2 fully saturated rings. The van der Waals surface area contributed by atoms with Crippen LogP contribution in [0.3, 0.4) is 0 Å². The maximum atomic E-state index is 14.0. The van der Waals surface area contributed by atoms with Crippen molar-refractivity contribution in [2.45, 2.75) is 58.2 Å². The van der Waals surface area contributed by atoms with Crippen molar-refractivity contribution in [1.82, 2.24) is 28.7 Å². The smallest absolute Gasteiger partial charge is 0.332 e. The van der Waals surface area contributed by atoms with Gasteiger partial charge < -0.3 is 15.5 Å². The topological polar surface area (TPSA) is 120 Å². The number of aromatic nitrogens is 6. The molecule has 11 nitrogen and oxygen atoms in total. The molecule has 4 aromatic rings. The number of hydrogen-bond acceptors (Lipinski definition) is 8. The van der Waals surface area contributed by atoms with E-state index in [2.05, 4.69) is 21.6 Å². The van der Waals surface area contributed by atoms with Gasteiger partial charge in [-0.3, -0.25) is 18.5 Å². The van der Waals surface area contributed by atoms with E-state index in [1.807, 2.05) is 28.8 Å². The molecule has 2 saturated heterocycles. The molecule has 208 valence electrons. The average Bonchev–Trinajstić information content (AvgIpc) is 3.37. The highest BCUT2D eigenvalue weighted by Crippen LogP contribution is 2.27. The fourth-order valence-corrected chi connectivity index (χ4v) is 5.91. The Morgan fingerprint density at radius 2 is 1.75 bits per heavy atom. The highest BCUT2D eigenvalue weighted by atomic mass is 16.2. The Kier molecular flexibility index (Phi) is 7.02.